The highest BCUT2D eigenvalue weighted by molar-refractivity contribution is 7.98. The van der Waals surface area contributed by atoms with Gasteiger partial charge in [-0.3, -0.25) is 4.57 Å². The van der Waals surface area contributed by atoms with E-state index in [1.165, 1.54) is 6.08 Å². The molecule has 0 spiro atoms. The molecular formula is C19H16F2N2O2S. The predicted molar refractivity (Wildman–Crippen MR) is 98.0 cm³/mol. The van der Waals surface area contributed by atoms with Crippen molar-refractivity contribution in [3.05, 3.63) is 66.0 Å². The molecule has 0 atom stereocenters. The zero-order chi connectivity index (χ0) is 18.5. The number of fused-ring (bicyclic) bond motifs is 1. The molecule has 0 saturated heterocycles. The lowest BCUT2D eigenvalue weighted by Gasteiger charge is -2.07. The van der Waals surface area contributed by atoms with Gasteiger partial charge >= 0.3 is 12.5 Å². The van der Waals surface area contributed by atoms with Crippen LogP contribution in [-0.2, 0) is 16.1 Å². The van der Waals surface area contributed by atoms with Crippen LogP contribution in [0.3, 0.4) is 0 Å². The molecule has 0 bridgehead atoms. The first-order chi connectivity index (χ1) is 12.6. The van der Waals surface area contributed by atoms with Crippen molar-refractivity contribution in [2.24, 2.45) is 0 Å². The summed E-state index contributed by atoms with van der Waals surface area (Å²) in [4.78, 5) is 17.1. The fourth-order valence-corrected chi connectivity index (χ4v) is 2.89. The number of rotatable bonds is 6. The van der Waals surface area contributed by atoms with Gasteiger partial charge in [0.15, 0.2) is 5.82 Å². The number of thioether (sulfide) groups is 1. The van der Waals surface area contributed by atoms with Crippen LogP contribution in [-0.4, -0.2) is 21.8 Å². The Morgan fingerprint density at radius 2 is 1.96 bits per heavy atom. The summed E-state index contributed by atoms with van der Waals surface area (Å²) < 4.78 is 32.5. The molecule has 1 heterocycles. The second kappa shape index (κ2) is 8.14. The first-order valence-corrected chi connectivity index (χ1v) is 9.04. The Bertz CT molecular complexity index is 936. The molecule has 26 heavy (non-hydrogen) atoms. The van der Waals surface area contributed by atoms with E-state index in [0.29, 0.717) is 11.0 Å². The summed E-state index contributed by atoms with van der Waals surface area (Å²) >= 11 is 1.63. The Kier molecular flexibility index (Phi) is 5.68. The summed E-state index contributed by atoms with van der Waals surface area (Å²) in [5.41, 5.74) is 1.58. The second-order valence-corrected chi connectivity index (χ2v) is 6.26. The quantitative estimate of drug-likeness (QED) is 0.349. The number of imidazole rings is 1. The minimum absolute atomic E-state index is 0.00673. The summed E-state index contributed by atoms with van der Waals surface area (Å²) in [6.07, 6.45) is 4.86. The molecule has 0 aliphatic rings. The van der Waals surface area contributed by atoms with Gasteiger partial charge in [-0.25, -0.2) is 9.78 Å². The summed E-state index contributed by atoms with van der Waals surface area (Å²) in [6.45, 7) is -3.09. The molecule has 2 aromatic carbocycles. The molecular weight excluding hydrogens is 358 g/mol. The van der Waals surface area contributed by atoms with Crippen LogP contribution in [0.5, 0.6) is 0 Å². The van der Waals surface area contributed by atoms with Crippen molar-refractivity contribution < 1.29 is 18.3 Å². The Labute approximate surface area is 153 Å². The number of carbonyl (C=O) groups excluding carboxylic acids is 1. The van der Waals surface area contributed by atoms with E-state index >= 15 is 0 Å². The van der Waals surface area contributed by atoms with E-state index in [-0.39, 0.29) is 12.4 Å². The van der Waals surface area contributed by atoms with Crippen molar-refractivity contribution in [3.8, 4) is 0 Å². The van der Waals surface area contributed by atoms with Crippen molar-refractivity contribution >= 4 is 34.8 Å². The summed E-state index contributed by atoms with van der Waals surface area (Å²) in [6, 6.07) is 14.2. The average molecular weight is 374 g/mol. The predicted octanol–water partition coefficient (Wildman–Crippen LogP) is 4.91. The maximum atomic E-state index is 13.3. The summed E-state index contributed by atoms with van der Waals surface area (Å²) in [7, 11) is 0. The van der Waals surface area contributed by atoms with Crippen molar-refractivity contribution in [1.82, 2.24) is 9.55 Å². The fraction of sp³-hybridized carbons (Fsp3) is 0.158. The molecule has 3 rings (SSSR count). The van der Waals surface area contributed by atoms with E-state index < -0.39 is 12.5 Å². The zero-order valence-corrected chi connectivity index (χ0v) is 14.7. The third kappa shape index (κ3) is 4.11. The highest BCUT2D eigenvalue weighted by Crippen LogP contribution is 2.23. The number of hydrogen-bond acceptors (Lipinski definition) is 4. The topological polar surface area (TPSA) is 44.1 Å². The normalized spacial score (nSPS) is 11.5. The van der Waals surface area contributed by atoms with E-state index in [4.69, 9.17) is 4.74 Å². The van der Waals surface area contributed by atoms with Gasteiger partial charge in [0.2, 0.25) is 0 Å². The SMILES string of the molecule is CSc1ccc(/C=C/C(=O)OCc2nc3ccccc3n2C(F)F)cc1. The molecule has 0 unspecified atom stereocenters. The number of alkyl halides is 2. The van der Waals surface area contributed by atoms with E-state index in [1.54, 1.807) is 42.1 Å². The molecule has 0 aliphatic carbocycles. The molecule has 0 saturated carbocycles. The molecule has 1 aromatic heterocycles. The van der Waals surface area contributed by atoms with Crippen molar-refractivity contribution in [3.63, 3.8) is 0 Å². The molecule has 3 aromatic rings. The lowest BCUT2D eigenvalue weighted by molar-refractivity contribution is -0.139. The Morgan fingerprint density at radius 3 is 2.65 bits per heavy atom. The van der Waals surface area contributed by atoms with Crippen molar-refractivity contribution in [2.75, 3.05) is 6.26 Å². The molecule has 0 amide bonds. The number of aromatic nitrogens is 2. The lowest BCUT2D eigenvalue weighted by Crippen LogP contribution is -2.09. The van der Waals surface area contributed by atoms with E-state index in [9.17, 15) is 13.6 Å². The number of para-hydroxylation sites is 2. The molecule has 0 fully saturated rings. The molecule has 4 nitrogen and oxygen atoms in total. The van der Waals surface area contributed by atoms with Crippen LogP contribution in [0.2, 0.25) is 0 Å². The van der Waals surface area contributed by atoms with Crippen LogP contribution in [0.15, 0.2) is 59.5 Å². The number of nitrogens with zero attached hydrogens (tertiary/aromatic N) is 2. The van der Waals surface area contributed by atoms with Crippen LogP contribution < -0.4 is 0 Å². The van der Waals surface area contributed by atoms with Crippen LogP contribution >= 0.6 is 11.8 Å². The van der Waals surface area contributed by atoms with Gasteiger partial charge in [0, 0.05) is 11.0 Å². The molecule has 0 radical (unpaired) electrons. The molecule has 0 N–H and O–H groups in total. The number of halogens is 2. The number of carbonyl (C=O) groups is 1. The third-order valence-corrected chi connectivity index (χ3v) is 4.48. The zero-order valence-electron chi connectivity index (χ0n) is 13.9. The smallest absolute Gasteiger partial charge is 0.331 e. The van der Waals surface area contributed by atoms with Crippen molar-refractivity contribution in [2.45, 2.75) is 18.1 Å². The third-order valence-electron chi connectivity index (χ3n) is 3.74. The van der Waals surface area contributed by atoms with Gasteiger partial charge < -0.3 is 4.74 Å². The Morgan fingerprint density at radius 1 is 1.23 bits per heavy atom. The molecule has 7 heteroatoms. The number of hydrogen-bond donors (Lipinski definition) is 0. The Hall–Kier alpha value is -2.67. The van der Waals surface area contributed by atoms with Gasteiger partial charge in [-0.05, 0) is 42.2 Å². The van der Waals surface area contributed by atoms with Gasteiger partial charge in [-0.2, -0.15) is 8.78 Å². The van der Waals surface area contributed by atoms with Gasteiger partial charge in [-0.1, -0.05) is 24.3 Å². The monoisotopic (exact) mass is 374 g/mol. The maximum Gasteiger partial charge on any atom is 0.331 e. The van der Waals surface area contributed by atoms with Crippen LogP contribution in [0, 0.1) is 0 Å². The number of benzene rings is 2. The number of ether oxygens (including phenoxy) is 1. The van der Waals surface area contributed by atoms with E-state index in [2.05, 4.69) is 4.98 Å². The van der Waals surface area contributed by atoms with Gasteiger partial charge in [0.25, 0.3) is 0 Å². The largest absolute Gasteiger partial charge is 0.454 e. The number of esters is 1. The second-order valence-electron chi connectivity index (χ2n) is 5.38. The van der Waals surface area contributed by atoms with Gasteiger partial charge in [0.05, 0.1) is 11.0 Å². The van der Waals surface area contributed by atoms with Gasteiger partial charge in [0.1, 0.15) is 6.61 Å². The van der Waals surface area contributed by atoms with Crippen LogP contribution in [0.4, 0.5) is 8.78 Å². The van der Waals surface area contributed by atoms with Gasteiger partial charge in [-0.15, -0.1) is 11.8 Å². The van der Waals surface area contributed by atoms with Crippen LogP contribution in [0.25, 0.3) is 17.1 Å². The lowest BCUT2D eigenvalue weighted by atomic mass is 10.2. The molecule has 0 aliphatic heterocycles. The highest BCUT2D eigenvalue weighted by atomic mass is 32.2. The fourth-order valence-electron chi connectivity index (χ4n) is 2.48. The first-order valence-electron chi connectivity index (χ1n) is 7.81. The summed E-state index contributed by atoms with van der Waals surface area (Å²) in [5, 5.41) is 0. The molecule has 134 valence electrons. The highest BCUT2D eigenvalue weighted by Gasteiger charge is 2.18. The standard InChI is InChI=1S/C19H16F2N2O2S/c1-26-14-9-6-13(7-10-14)8-11-18(24)25-12-17-22-15-4-2-3-5-16(15)23(17)19(20)21/h2-11,19H,12H2,1H3/b11-8+. The minimum Gasteiger partial charge on any atom is -0.454 e. The van der Waals surface area contributed by atoms with E-state index in [1.807, 2.05) is 30.5 Å². The maximum absolute atomic E-state index is 13.3. The van der Waals surface area contributed by atoms with Crippen LogP contribution in [0.1, 0.15) is 17.9 Å². The van der Waals surface area contributed by atoms with E-state index in [0.717, 1.165) is 15.0 Å². The minimum atomic E-state index is -2.76. The first kappa shape index (κ1) is 18.1. The average Bonchev–Trinajstić information content (AvgIpc) is 3.03. The van der Waals surface area contributed by atoms with Crippen molar-refractivity contribution in [1.29, 1.82) is 0 Å². The Balaban J connectivity index is 1.68. The summed E-state index contributed by atoms with van der Waals surface area (Å²) in [5.74, 6) is -0.612.